The molecule has 1 aromatic carbocycles. The van der Waals surface area contributed by atoms with Gasteiger partial charge in [0.15, 0.2) is 0 Å². The molecule has 0 aliphatic heterocycles. The van der Waals surface area contributed by atoms with E-state index in [2.05, 4.69) is 5.10 Å². The predicted molar refractivity (Wildman–Crippen MR) is 77.2 cm³/mol. The molecule has 0 saturated carbocycles. The van der Waals surface area contributed by atoms with E-state index in [1.165, 1.54) is 18.1 Å². The molecule has 2 heterocycles. The largest absolute Gasteiger partial charge is 0.478 e. The highest BCUT2D eigenvalue weighted by Crippen LogP contribution is 2.23. The van der Waals surface area contributed by atoms with Crippen molar-refractivity contribution in [3.05, 3.63) is 65.7 Å². The molecular formula is C16H14N2O3. The average Bonchev–Trinajstić information content (AvgIpc) is 3.10. The summed E-state index contributed by atoms with van der Waals surface area (Å²) in [7, 11) is 0. The molecule has 21 heavy (non-hydrogen) atoms. The highest BCUT2D eigenvalue weighted by molar-refractivity contribution is 5.94. The number of furan rings is 1. The molecule has 3 rings (SSSR count). The number of rotatable bonds is 4. The molecule has 0 atom stereocenters. The summed E-state index contributed by atoms with van der Waals surface area (Å²) in [6, 6.07) is 9.76. The van der Waals surface area contributed by atoms with Gasteiger partial charge in [0.25, 0.3) is 0 Å². The van der Waals surface area contributed by atoms with Crippen molar-refractivity contribution in [2.24, 2.45) is 0 Å². The first kappa shape index (κ1) is 13.2. The minimum absolute atomic E-state index is 0.170. The second-order valence-electron chi connectivity index (χ2n) is 4.89. The van der Waals surface area contributed by atoms with Crippen LogP contribution in [0.25, 0.3) is 11.3 Å². The average molecular weight is 282 g/mol. The molecule has 5 nitrogen and oxygen atoms in total. The van der Waals surface area contributed by atoms with Gasteiger partial charge in [0.1, 0.15) is 11.3 Å². The summed E-state index contributed by atoms with van der Waals surface area (Å²) >= 11 is 0. The molecule has 0 spiro atoms. The summed E-state index contributed by atoms with van der Waals surface area (Å²) < 4.78 is 6.64. The summed E-state index contributed by atoms with van der Waals surface area (Å²) in [6.07, 6.45) is 4.54. The third-order valence-electron chi connectivity index (χ3n) is 3.25. The number of hydrogen-bond donors (Lipinski definition) is 1. The third kappa shape index (κ3) is 2.72. The SMILES string of the molecule is Cc1ccc(Cn2cc(C(=O)O)c(-c3ccoc3)n2)cc1. The number of aromatic nitrogens is 2. The number of aryl methyl sites for hydroxylation is 1. The zero-order valence-corrected chi connectivity index (χ0v) is 11.5. The van der Waals surface area contributed by atoms with E-state index in [1.807, 2.05) is 31.2 Å². The fourth-order valence-electron chi connectivity index (χ4n) is 2.15. The van der Waals surface area contributed by atoms with Crippen LogP contribution in [0.5, 0.6) is 0 Å². The molecule has 106 valence electrons. The molecular weight excluding hydrogens is 268 g/mol. The zero-order valence-electron chi connectivity index (χ0n) is 11.5. The molecule has 1 N–H and O–H groups in total. The van der Waals surface area contributed by atoms with Gasteiger partial charge in [-0.15, -0.1) is 0 Å². The van der Waals surface area contributed by atoms with E-state index in [9.17, 15) is 9.90 Å². The predicted octanol–water partition coefficient (Wildman–Crippen LogP) is 3.20. The number of nitrogens with zero attached hydrogens (tertiary/aromatic N) is 2. The lowest BCUT2D eigenvalue weighted by molar-refractivity contribution is 0.0697. The zero-order chi connectivity index (χ0) is 14.8. The maximum Gasteiger partial charge on any atom is 0.339 e. The highest BCUT2D eigenvalue weighted by Gasteiger charge is 2.17. The standard InChI is InChI=1S/C16H14N2O3/c1-11-2-4-12(5-3-11)8-18-9-14(16(19)20)15(17-18)13-6-7-21-10-13/h2-7,9-10H,8H2,1H3,(H,19,20). The minimum atomic E-state index is -0.999. The molecule has 0 fully saturated rings. The number of carbonyl (C=O) groups is 1. The maximum atomic E-state index is 11.3. The number of carboxylic acid groups (broad SMARTS) is 1. The topological polar surface area (TPSA) is 68.3 Å². The van der Waals surface area contributed by atoms with E-state index in [0.29, 0.717) is 17.8 Å². The first-order chi connectivity index (χ1) is 10.1. The van der Waals surface area contributed by atoms with Crippen molar-refractivity contribution >= 4 is 5.97 Å². The molecule has 0 amide bonds. The summed E-state index contributed by atoms with van der Waals surface area (Å²) in [5, 5.41) is 13.7. The van der Waals surface area contributed by atoms with E-state index < -0.39 is 5.97 Å². The van der Waals surface area contributed by atoms with Crippen molar-refractivity contribution in [3.8, 4) is 11.3 Å². The number of hydrogen-bond acceptors (Lipinski definition) is 3. The van der Waals surface area contributed by atoms with E-state index in [4.69, 9.17) is 4.42 Å². The molecule has 0 aliphatic rings. The van der Waals surface area contributed by atoms with Gasteiger partial charge in [0.2, 0.25) is 0 Å². The Morgan fingerprint density at radius 1 is 1.29 bits per heavy atom. The minimum Gasteiger partial charge on any atom is -0.478 e. The van der Waals surface area contributed by atoms with E-state index >= 15 is 0 Å². The first-order valence-corrected chi connectivity index (χ1v) is 6.52. The Hall–Kier alpha value is -2.82. The van der Waals surface area contributed by atoms with Crippen molar-refractivity contribution in [2.75, 3.05) is 0 Å². The Kier molecular flexibility index (Phi) is 3.31. The monoisotopic (exact) mass is 282 g/mol. The summed E-state index contributed by atoms with van der Waals surface area (Å²) in [5.74, 6) is -0.999. The van der Waals surface area contributed by atoms with Crippen LogP contribution in [-0.4, -0.2) is 20.9 Å². The number of benzene rings is 1. The van der Waals surface area contributed by atoms with Crippen LogP contribution >= 0.6 is 0 Å². The van der Waals surface area contributed by atoms with Crippen LogP contribution in [-0.2, 0) is 6.54 Å². The van der Waals surface area contributed by atoms with Gasteiger partial charge in [0.05, 0.1) is 19.1 Å². The van der Waals surface area contributed by atoms with Crippen molar-refractivity contribution in [1.82, 2.24) is 9.78 Å². The summed E-state index contributed by atoms with van der Waals surface area (Å²) in [4.78, 5) is 11.3. The quantitative estimate of drug-likeness (QED) is 0.798. The van der Waals surface area contributed by atoms with Gasteiger partial charge in [-0.25, -0.2) is 4.79 Å². The van der Waals surface area contributed by atoms with Crippen LogP contribution in [0, 0.1) is 6.92 Å². The second-order valence-corrected chi connectivity index (χ2v) is 4.89. The smallest absolute Gasteiger partial charge is 0.339 e. The van der Waals surface area contributed by atoms with Crippen LogP contribution < -0.4 is 0 Å². The van der Waals surface area contributed by atoms with Crippen molar-refractivity contribution in [2.45, 2.75) is 13.5 Å². The van der Waals surface area contributed by atoms with Crippen LogP contribution in [0.1, 0.15) is 21.5 Å². The lowest BCUT2D eigenvalue weighted by Crippen LogP contribution is -2.00. The van der Waals surface area contributed by atoms with E-state index in [1.54, 1.807) is 16.9 Å². The van der Waals surface area contributed by atoms with Gasteiger partial charge in [0, 0.05) is 11.8 Å². The molecule has 2 aromatic heterocycles. The summed E-state index contributed by atoms with van der Waals surface area (Å²) in [6.45, 7) is 2.55. The van der Waals surface area contributed by atoms with Crippen molar-refractivity contribution < 1.29 is 14.3 Å². The van der Waals surface area contributed by atoms with Crippen LogP contribution in [0.3, 0.4) is 0 Å². The molecule has 0 aliphatic carbocycles. The van der Waals surface area contributed by atoms with Gasteiger partial charge >= 0.3 is 5.97 Å². The van der Waals surface area contributed by atoms with Crippen molar-refractivity contribution in [1.29, 1.82) is 0 Å². The van der Waals surface area contributed by atoms with Gasteiger partial charge in [-0.2, -0.15) is 5.10 Å². The normalized spacial score (nSPS) is 10.7. The van der Waals surface area contributed by atoms with Crippen LogP contribution in [0.15, 0.2) is 53.5 Å². The first-order valence-electron chi connectivity index (χ1n) is 6.52. The van der Waals surface area contributed by atoms with Gasteiger partial charge in [-0.3, -0.25) is 4.68 Å². The molecule has 0 bridgehead atoms. The molecule has 0 saturated heterocycles. The van der Waals surface area contributed by atoms with Gasteiger partial charge in [-0.05, 0) is 18.6 Å². The van der Waals surface area contributed by atoms with Gasteiger partial charge < -0.3 is 9.52 Å². The Morgan fingerprint density at radius 2 is 2.05 bits per heavy atom. The lowest BCUT2D eigenvalue weighted by atomic mass is 10.1. The highest BCUT2D eigenvalue weighted by atomic mass is 16.4. The lowest BCUT2D eigenvalue weighted by Gasteiger charge is -2.02. The molecule has 5 heteroatoms. The third-order valence-corrected chi connectivity index (χ3v) is 3.25. The fraction of sp³-hybridized carbons (Fsp3) is 0.125. The Bertz CT molecular complexity index is 755. The maximum absolute atomic E-state index is 11.3. The molecule has 3 aromatic rings. The Morgan fingerprint density at radius 3 is 2.67 bits per heavy atom. The molecule has 0 radical (unpaired) electrons. The second kappa shape index (κ2) is 5.28. The number of aromatic carboxylic acids is 1. The molecule has 0 unspecified atom stereocenters. The van der Waals surface area contributed by atoms with Crippen LogP contribution in [0.4, 0.5) is 0 Å². The van der Waals surface area contributed by atoms with Crippen molar-refractivity contribution in [3.63, 3.8) is 0 Å². The Balaban J connectivity index is 1.95. The fourth-order valence-corrected chi connectivity index (χ4v) is 2.15. The van der Waals surface area contributed by atoms with Gasteiger partial charge in [-0.1, -0.05) is 29.8 Å². The van der Waals surface area contributed by atoms with E-state index in [-0.39, 0.29) is 5.56 Å². The summed E-state index contributed by atoms with van der Waals surface area (Å²) in [5.41, 5.74) is 3.50. The number of carboxylic acids is 1. The van der Waals surface area contributed by atoms with E-state index in [0.717, 1.165) is 5.56 Å². The van der Waals surface area contributed by atoms with Crippen LogP contribution in [0.2, 0.25) is 0 Å². The Labute approximate surface area is 121 Å².